The molecule has 0 saturated carbocycles. The Morgan fingerprint density at radius 2 is 0.900 bits per heavy atom. The van der Waals surface area contributed by atoms with Gasteiger partial charge in [-0.1, -0.05) is 90.4 Å². The lowest BCUT2D eigenvalue weighted by Crippen LogP contribution is -1.97. The Balaban J connectivity index is 0.00000105. The fraction of sp³-hybridized carbons (Fsp3) is 1.00. The lowest BCUT2D eigenvalue weighted by Gasteiger charge is -2.02. The highest BCUT2D eigenvalue weighted by molar-refractivity contribution is 4.49. The van der Waals surface area contributed by atoms with Crippen LogP contribution in [0.1, 0.15) is 96.8 Å². The molecule has 0 radical (unpaired) electrons. The van der Waals surface area contributed by atoms with E-state index in [1.807, 2.05) is 0 Å². The Morgan fingerprint density at radius 3 is 1.15 bits per heavy atom. The molecule has 2 N–H and O–H groups in total. The predicted molar refractivity (Wildman–Crippen MR) is 90.2 cm³/mol. The third-order valence-corrected chi connectivity index (χ3v) is 3.76. The van der Waals surface area contributed by atoms with Crippen LogP contribution in [0.2, 0.25) is 0 Å². The summed E-state index contributed by atoms with van der Waals surface area (Å²) in [4.78, 5) is 0. The van der Waals surface area contributed by atoms with Gasteiger partial charge in [-0.2, -0.15) is 0 Å². The second kappa shape index (κ2) is 18.9. The van der Waals surface area contributed by atoms with E-state index in [0.717, 1.165) is 19.8 Å². The first-order chi connectivity index (χ1) is 9.91. The lowest BCUT2D eigenvalue weighted by molar-refractivity contribution is 0.475. The molecule has 0 aromatic rings. The molecule has 0 atom stereocenters. The van der Waals surface area contributed by atoms with Gasteiger partial charge in [0.25, 0.3) is 0 Å². The highest BCUT2D eigenvalue weighted by atomic mass is 16.6. The maximum Gasteiger partial charge on any atom is 0.0701 e. The number of ether oxygens (including phenoxy) is 1. The summed E-state index contributed by atoms with van der Waals surface area (Å²) in [6.45, 7) is 5.16. The van der Waals surface area contributed by atoms with E-state index in [1.165, 1.54) is 89.9 Å². The second-order valence-corrected chi connectivity index (χ2v) is 6.00. The topological polar surface area (TPSA) is 38.5 Å². The Morgan fingerprint density at radius 1 is 0.600 bits per heavy atom. The van der Waals surface area contributed by atoms with Gasteiger partial charge < -0.3 is 10.5 Å². The summed E-state index contributed by atoms with van der Waals surface area (Å²) in [6.07, 6.45) is 19.9. The summed E-state index contributed by atoms with van der Waals surface area (Å²) in [6, 6.07) is 0. The molecule has 2 nitrogen and oxygen atoms in total. The molecule has 0 amide bonds. The van der Waals surface area contributed by atoms with Crippen LogP contribution in [0.4, 0.5) is 0 Å². The lowest BCUT2D eigenvalue weighted by atomic mass is 10.0. The summed E-state index contributed by atoms with van der Waals surface area (Å²) >= 11 is 0. The van der Waals surface area contributed by atoms with Crippen molar-refractivity contribution in [3.63, 3.8) is 0 Å². The number of hydrogen-bond acceptors (Lipinski definition) is 2. The summed E-state index contributed by atoms with van der Waals surface area (Å²) in [5.41, 5.74) is 5.47. The molecule has 1 rings (SSSR count). The van der Waals surface area contributed by atoms with Gasteiger partial charge in [-0.15, -0.1) is 0 Å². The van der Waals surface area contributed by atoms with E-state index in [0.29, 0.717) is 0 Å². The Labute approximate surface area is 127 Å². The van der Waals surface area contributed by atoms with Crippen molar-refractivity contribution < 1.29 is 4.74 Å². The molecule has 0 unspecified atom stereocenters. The van der Waals surface area contributed by atoms with Gasteiger partial charge in [0.1, 0.15) is 0 Å². The first kappa shape index (κ1) is 19.9. The van der Waals surface area contributed by atoms with E-state index in [-0.39, 0.29) is 0 Å². The molecule has 0 spiro atoms. The minimum atomic E-state index is 0.873. The van der Waals surface area contributed by atoms with Crippen LogP contribution in [0, 0.1) is 0 Å². The molecular formula is C18H39NO. The fourth-order valence-electron chi connectivity index (χ4n) is 2.34. The molecule has 1 aliphatic rings. The number of rotatable bonds is 14. The zero-order valence-corrected chi connectivity index (χ0v) is 14.0. The molecule has 0 aromatic heterocycles. The quantitative estimate of drug-likeness (QED) is 0.341. The zero-order valence-electron chi connectivity index (χ0n) is 14.0. The molecule has 2 heteroatoms. The van der Waals surface area contributed by atoms with Gasteiger partial charge in [0.05, 0.1) is 13.2 Å². The highest BCUT2D eigenvalue weighted by Crippen LogP contribution is 2.12. The van der Waals surface area contributed by atoms with Crippen LogP contribution in [-0.2, 0) is 4.74 Å². The van der Waals surface area contributed by atoms with Gasteiger partial charge in [-0.05, 0) is 13.0 Å². The van der Waals surface area contributed by atoms with Gasteiger partial charge in [0.15, 0.2) is 0 Å². The van der Waals surface area contributed by atoms with Crippen molar-refractivity contribution in [3.05, 3.63) is 0 Å². The van der Waals surface area contributed by atoms with Gasteiger partial charge in [-0.3, -0.25) is 0 Å². The fourth-order valence-corrected chi connectivity index (χ4v) is 2.34. The molecule has 1 heterocycles. The van der Waals surface area contributed by atoms with Gasteiger partial charge in [0.2, 0.25) is 0 Å². The SMILES string of the molecule is C1CO1.CCCCCCCCCCCCCCCCN. The van der Waals surface area contributed by atoms with Crippen molar-refractivity contribution in [1.82, 2.24) is 0 Å². The second-order valence-electron chi connectivity index (χ2n) is 6.00. The van der Waals surface area contributed by atoms with Crippen LogP contribution in [-0.4, -0.2) is 19.8 Å². The normalized spacial score (nSPS) is 12.9. The molecule has 0 bridgehead atoms. The van der Waals surface area contributed by atoms with E-state index in [2.05, 4.69) is 11.7 Å². The molecule has 20 heavy (non-hydrogen) atoms. The van der Waals surface area contributed by atoms with Crippen molar-refractivity contribution in [2.24, 2.45) is 5.73 Å². The average Bonchev–Trinajstić information content (AvgIpc) is 3.32. The van der Waals surface area contributed by atoms with Crippen molar-refractivity contribution in [2.75, 3.05) is 19.8 Å². The number of hydrogen-bond donors (Lipinski definition) is 1. The van der Waals surface area contributed by atoms with Crippen LogP contribution < -0.4 is 5.73 Å². The smallest absolute Gasteiger partial charge is 0.0701 e. The summed E-state index contributed by atoms with van der Waals surface area (Å²) in [7, 11) is 0. The number of nitrogens with two attached hydrogens (primary N) is 1. The van der Waals surface area contributed by atoms with Crippen LogP contribution in [0.15, 0.2) is 0 Å². The van der Waals surface area contributed by atoms with E-state index >= 15 is 0 Å². The molecule has 0 aliphatic carbocycles. The zero-order chi connectivity index (χ0) is 14.7. The minimum Gasteiger partial charge on any atom is -0.377 e. The third-order valence-electron chi connectivity index (χ3n) is 3.76. The number of epoxide rings is 1. The molecule has 1 aliphatic heterocycles. The molecule has 1 saturated heterocycles. The predicted octanol–water partition coefficient (Wildman–Crippen LogP) is 5.44. The van der Waals surface area contributed by atoms with E-state index in [1.54, 1.807) is 0 Å². The van der Waals surface area contributed by atoms with Gasteiger partial charge >= 0.3 is 0 Å². The van der Waals surface area contributed by atoms with E-state index in [4.69, 9.17) is 5.73 Å². The molecule has 1 fully saturated rings. The van der Waals surface area contributed by atoms with Gasteiger partial charge in [0, 0.05) is 0 Å². The maximum atomic E-state index is 5.47. The summed E-state index contributed by atoms with van der Waals surface area (Å²) < 4.78 is 4.50. The van der Waals surface area contributed by atoms with E-state index < -0.39 is 0 Å². The molecular weight excluding hydrogens is 246 g/mol. The van der Waals surface area contributed by atoms with Crippen molar-refractivity contribution in [3.8, 4) is 0 Å². The number of unbranched alkanes of at least 4 members (excludes halogenated alkanes) is 13. The third kappa shape index (κ3) is 23.0. The Hall–Kier alpha value is -0.0800. The Bertz CT molecular complexity index is 143. The maximum absolute atomic E-state index is 5.47. The Kier molecular flexibility index (Phi) is 18.8. The minimum absolute atomic E-state index is 0.873. The summed E-state index contributed by atoms with van der Waals surface area (Å²) in [5, 5.41) is 0. The largest absolute Gasteiger partial charge is 0.377 e. The van der Waals surface area contributed by atoms with Crippen LogP contribution in [0.3, 0.4) is 0 Å². The van der Waals surface area contributed by atoms with Crippen LogP contribution in [0.5, 0.6) is 0 Å². The van der Waals surface area contributed by atoms with Crippen molar-refractivity contribution in [1.29, 1.82) is 0 Å². The summed E-state index contributed by atoms with van der Waals surface area (Å²) in [5.74, 6) is 0. The average molecular weight is 286 g/mol. The molecule has 122 valence electrons. The first-order valence-corrected chi connectivity index (χ1v) is 9.19. The van der Waals surface area contributed by atoms with Gasteiger partial charge in [-0.25, -0.2) is 0 Å². The standard InChI is InChI=1S/C16H35N.C2H4O/c1-2-3-4-5-6-7-8-9-10-11-12-13-14-15-16-17;1-2-3-1/h2-17H2,1H3;1-2H2. The van der Waals surface area contributed by atoms with Crippen LogP contribution in [0.25, 0.3) is 0 Å². The first-order valence-electron chi connectivity index (χ1n) is 9.19. The van der Waals surface area contributed by atoms with Crippen molar-refractivity contribution >= 4 is 0 Å². The molecule has 0 aromatic carbocycles. The highest BCUT2D eigenvalue weighted by Gasteiger charge is 1.94. The van der Waals surface area contributed by atoms with Crippen LogP contribution >= 0.6 is 0 Å². The monoisotopic (exact) mass is 285 g/mol. The van der Waals surface area contributed by atoms with Crippen molar-refractivity contribution in [2.45, 2.75) is 96.8 Å². The van der Waals surface area contributed by atoms with E-state index in [9.17, 15) is 0 Å².